The van der Waals surface area contributed by atoms with Gasteiger partial charge in [-0.3, -0.25) is 38.4 Å². The second-order valence-corrected chi connectivity index (χ2v) is 56.6. The molecule has 0 heterocycles. The predicted molar refractivity (Wildman–Crippen MR) is 622 cm³/mol. The number of carbonyl (C=O) groups excluding carboxylic acids is 6. The Balaban J connectivity index is -0.000000106. The number of thiol groups is 1. The molecule has 13 unspecified atom stereocenters. The molecule has 0 radical (unpaired) electrons. The number of carbonyl (C=O) groups is 8. The molecule has 0 aromatic heterocycles. The Hall–Kier alpha value is -4.21. The smallest absolute Gasteiger partial charge is 0.322 e. The van der Waals surface area contributed by atoms with Crippen molar-refractivity contribution in [1.29, 1.82) is 0 Å². The van der Waals surface area contributed by atoms with Crippen LogP contribution in [0.5, 0.6) is 0 Å². The van der Waals surface area contributed by atoms with Crippen molar-refractivity contribution < 1.29 is 61.5 Å². The normalized spacial score (nSPS) is 15.1. The van der Waals surface area contributed by atoms with Crippen LogP contribution >= 0.6 is 12.6 Å². The lowest BCUT2D eigenvalue weighted by Gasteiger charge is -2.42. The van der Waals surface area contributed by atoms with E-state index in [1.165, 1.54) is 25.7 Å². The topological polar surface area (TPSA) is 446 Å². The molecule has 25 heteroatoms. The van der Waals surface area contributed by atoms with E-state index < -0.39 is 55.1 Å². The Kier molecular flexibility index (Phi) is 92.8. The number of rotatable bonds is 28. The number of nitrogens with one attached hydrogen (secondary N) is 6. The zero-order chi connectivity index (χ0) is 119. The summed E-state index contributed by atoms with van der Waals surface area (Å²) in [6, 6.07) is 0.636. The van der Waals surface area contributed by atoms with E-state index in [-0.39, 0.29) is 110 Å². The van der Waals surface area contributed by atoms with Crippen molar-refractivity contribution in [1.82, 2.24) is 31.9 Å². The summed E-state index contributed by atoms with van der Waals surface area (Å²) >= 11 is 3.88. The van der Waals surface area contributed by atoms with Crippen molar-refractivity contribution in [3.8, 4) is 0 Å². The maximum atomic E-state index is 12.0. The van der Waals surface area contributed by atoms with Gasteiger partial charge >= 0.3 is 11.9 Å². The van der Waals surface area contributed by atoms with Gasteiger partial charge in [-0.05, 0) is 227 Å². The maximum Gasteiger partial charge on any atom is 0.322 e. The zero-order valence-electron chi connectivity index (χ0n) is 107. The quantitative estimate of drug-likeness (QED) is 0.0324. The third kappa shape index (κ3) is 154. The third-order valence-corrected chi connectivity index (χ3v) is 21.5. The monoisotopic (exact) mass is 2040 g/mol. The van der Waals surface area contributed by atoms with Crippen molar-refractivity contribution in [3.63, 3.8) is 0 Å². The van der Waals surface area contributed by atoms with Crippen LogP contribution in [0.25, 0.3) is 0 Å². The summed E-state index contributed by atoms with van der Waals surface area (Å²) in [5, 5.41) is 52.1. The molecule has 0 aliphatic carbocycles. The number of nitrogens with two attached hydrogens (primary N) is 6. The molecule has 0 spiro atoms. The zero-order valence-corrected chi connectivity index (χ0v) is 106. The van der Waals surface area contributed by atoms with Gasteiger partial charge in [-0.15, -0.1) is 0 Å². The van der Waals surface area contributed by atoms with E-state index in [1.807, 2.05) is 138 Å². The van der Waals surface area contributed by atoms with Gasteiger partial charge in [0.05, 0.1) is 18.1 Å². The summed E-state index contributed by atoms with van der Waals surface area (Å²) in [5.41, 5.74) is 36.5. The molecule has 0 saturated heterocycles. The van der Waals surface area contributed by atoms with Crippen molar-refractivity contribution in [3.05, 3.63) is 0 Å². The highest BCUT2D eigenvalue weighted by Crippen LogP contribution is 2.40. The minimum Gasteiger partial charge on any atom is -0.481 e. The molecule has 0 aromatic carbocycles. The number of hydrogen-bond donors (Lipinski definition) is 17. The van der Waals surface area contributed by atoms with Gasteiger partial charge in [0.2, 0.25) is 35.4 Å². The molecule has 13 atom stereocenters. The third-order valence-electron chi connectivity index (χ3n) is 21.2. The van der Waals surface area contributed by atoms with Crippen LogP contribution in [0, 0.1) is 93.1 Å². The molecule has 6 amide bonds. The van der Waals surface area contributed by atoms with Crippen molar-refractivity contribution in [2.45, 2.75) is 585 Å². The van der Waals surface area contributed by atoms with Gasteiger partial charge in [-0.25, -0.2) is 0 Å². The van der Waals surface area contributed by atoms with Gasteiger partial charge < -0.3 is 86.7 Å². The van der Waals surface area contributed by atoms with Crippen LogP contribution in [-0.2, 0) is 38.4 Å². The lowest BCUT2D eigenvalue weighted by molar-refractivity contribution is -0.145. The van der Waals surface area contributed by atoms with Crippen molar-refractivity contribution >= 4 is 60.0 Å². The Morgan fingerprint density at radius 3 is 0.844 bits per heavy atom. The highest BCUT2D eigenvalue weighted by molar-refractivity contribution is 7.80. The first-order valence-corrected chi connectivity index (χ1v) is 53.8. The fraction of sp³-hybridized carbons (Fsp3) is 0.931. The summed E-state index contributed by atoms with van der Waals surface area (Å²) in [7, 11) is 0. The average molecular weight is 2050 g/mol. The summed E-state index contributed by atoms with van der Waals surface area (Å²) in [4.78, 5) is 88.4. The Morgan fingerprint density at radius 2 is 0.695 bits per heavy atom. The molecule has 0 aliphatic heterocycles. The van der Waals surface area contributed by atoms with Gasteiger partial charge in [-0.1, -0.05) is 345 Å². The van der Waals surface area contributed by atoms with Crippen LogP contribution in [-0.4, -0.2) is 160 Å². The van der Waals surface area contributed by atoms with Crippen LogP contribution in [0.15, 0.2) is 0 Å². The van der Waals surface area contributed by atoms with E-state index >= 15 is 0 Å². The molecule has 0 bridgehead atoms. The molecule has 0 fully saturated rings. The van der Waals surface area contributed by atoms with E-state index in [9.17, 15) is 43.5 Å². The lowest BCUT2D eigenvalue weighted by Crippen LogP contribution is -2.49. The van der Waals surface area contributed by atoms with Gasteiger partial charge in [0.15, 0.2) is 0 Å². The Bertz CT molecular complexity index is 3070. The van der Waals surface area contributed by atoms with Crippen LogP contribution in [0.1, 0.15) is 521 Å². The molecule has 0 aliphatic rings. The van der Waals surface area contributed by atoms with E-state index in [2.05, 4.69) is 294 Å². The summed E-state index contributed by atoms with van der Waals surface area (Å²) in [5.74, 6) is -1.94. The Labute approximate surface area is 886 Å². The highest BCUT2D eigenvalue weighted by Gasteiger charge is 2.36. The number of carboxylic acid groups (broad SMARTS) is 2. The summed E-state index contributed by atoms with van der Waals surface area (Å²) < 4.78 is 15.1. The first kappa shape index (κ1) is 162. The van der Waals surface area contributed by atoms with Crippen LogP contribution in [0.4, 0.5) is 0 Å². The van der Waals surface area contributed by atoms with E-state index in [4.69, 9.17) is 52.5 Å². The predicted octanol–water partition coefficient (Wildman–Crippen LogP) is 25.9. The molecular weight excluding hydrogens is 1790 g/mol. The average Bonchev–Trinajstić information content (AvgIpc) is 0.826. The molecule has 24 nitrogen and oxygen atoms in total. The standard InChI is InChI=1S/C14H27N3O4.4C9H19NO.C9H21N.C8H19N.C8H16O2.3C7H17N.C7H16O2S.C7H16.C6H14/c1-9(15)5-6-11(18)17-10(7-14(2,3)4)13(21)16-8-12(19)20;2*1-7(10-8(2)11)6-9(3,4)5;1-6-10-8(11)7(2)9(3,4)5;1-5-10-8(11)6-7-9(2,3)4;1-7(10)9(5,6)8(2,3)4;1-7(9)5-6-8(2,3)4;1-5-6(7(9)10)8(2,3)4;3*1-6(8)5-7(2,3)4;1-7(2,3)6(9)5(8)4-10;1-5-6-7(2,3)4;1-5-6(2,3)4/h9-10H,5-8,15H2,1-4H3,(H,16,21)(H,17,18)(H,19,20);3*7H,6H2,1-5H3,(H,10,11);5-7H2,1-4H3,(H,10,11);7H,10H2,1-6H3;7H,5-6,9H2,1-4H3;6H,5H2,1-4H3,(H,9,10);3*6H,5,8H2,1-4H3;5-6,8-10H,4H2,1-3H3;5-6H2,1-4H3;5H2,1-4H3/i;;;;;;;;5D2;;;;;. The Morgan fingerprint density at radius 1 is 0.362 bits per heavy atom. The SMILES string of the molecule is CC(=O)NC(C)CC(C)(C)C.CC(=O)NC(C)CC(C)(C)C.CC(C)(C)C(O)C(O)CS.CC(N)C(C)(C)C(C)(C)C.CC(N)CC(C)(C)C.CC(N)CC(C)(C)C.CC(N)CCC(=O)NC(CC(C)(C)C)C(=O)NCC(=O)O.CC(N)CCC(C)(C)C.CCC(C(=O)O)C(C)(C)C.CCC(C)(C)C.CCCC(C)(C)C.CCNC(=O)C(C)C(C)(C)C.CCNC(=O)CCC(C)(C)C.[2H]C([2H])(C(C)N)C(C)(C)C. The fourth-order valence-corrected chi connectivity index (χ4v) is 12.6. The first-order chi connectivity index (χ1) is 62.5. The first-order valence-electron chi connectivity index (χ1n) is 54.1. The molecule has 0 aromatic rings. The summed E-state index contributed by atoms with van der Waals surface area (Å²) in [6.07, 6.45) is 11.4. The fourth-order valence-electron chi connectivity index (χ4n) is 12.4. The van der Waals surface area contributed by atoms with E-state index in [1.54, 1.807) is 27.7 Å². The maximum absolute atomic E-state index is 12.0. The van der Waals surface area contributed by atoms with Gasteiger partial charge in [0.25, 0.3) is 0 Å². The largest absolute Gasteiger partial charge is 0.481 e. The van der Waals surface area contributed by atoms with E-state index in [0.29, 0.717) is 92.9 Å². The summed E-state index contributed by atoms with van der Waals surface area (Å²) in [6.45, 7) is 125. The van der Waals surface area contributed by atoms with Crippen molar-refractivity contribution in [2.24, 2.45) is 127 Å². The molecule has 0 rings (SSSR count). The minimum atomic E-state index is -1.28. The second kappa shape index (κ2) is 80.8. The number of hydrogen-bond acceptors (Lipinski definition) is 17. The van der Waals surface area contributed by atoms with Crippen LogP contribution in [0.2, 0.25) is 0 Å². The second-order valence-electron chi connectivity index (χ2n) is 56.2. The highest BCUT2D eigenvalue weighted by atomic mass is 32.1. The lowest BCUT2D eigenvalue weighted by atomic mass is 9.66. The number of amides is 6. The van der Waals surface area contributed by atoms with Gasteiger partial charge in [-0.2, -0.15) is 12.6 Å². The molecule has 22 N–H and O–H groups in total. The van der Waals surface area contributed by atoms with Crippen LogP contribution in [0.3, 0.4) is 0 Å². The van der Waals surface area contributed by atoms with Crippen LogP contribution < -0.4 is 66.3 Å². The molecule has 141 heavy (non-hydrogen) atoms. The van der Waals surface area contributed by atoms with Gasteiger partial charge in [0, 0.05) is 103 Å². The number of aliphatic carboxylic acids is 2. The van der Waals surface area contributed by atoms with E-state index in [0.717, 1.165) is 51.6 Å². The minimum absolute atomic E-state index is 0.0572. The molecule has 858 valence electrons. The molecule has 0 saturated carbocycles. The number of aliphatic hydroxyl groups excluding tert-OH is 2. The number of aliphatic hydroxyl groups is 2. The van der Waals surface area contributed by atoms with Crippen molar-refractivity contribution in [2.75, 3.05) is 25.4 Å². The van der Waals surface area contributed by atoms with Gasteiger partial charge in [0.1, 0.15) is 12.6 Å². The molecular formula is C116H256N12O12S. The number of carboxylic acids is 2.